The molecule has 0 saturated heterocycles. The zero-order valence-electron chi connectivity index (χ0n) is 34.7. The van der Waals surface area contributed by atoms with E-state index in [1.54, 1.807) is 0 Å². The molecule has 298 valence electrons. The van der Waals surface area contributed by atoms with Crippen molar-refractivity contribution < 1.29 is 19.1 Å². The average Bonchev–Trinajstić information content (AvgIpc) is 3.09. The summed E-state index contributed by atoms with van der Waals surface area (Å²) in [6.07, 6.45) is 41.1. The van der Waals surface area contributed by atoms with Gasteiger partial charge in [0.2, 0.25) is 0 Å². The maximum atomic E-state index is 12.6. The zero-order valence-corrected chi connectivity index (χ0v) is 34.7. The average molecular weight is 708 g/mol. The molecule has 0 heterocycles. The van der Waals surface area contributed by atoms with Crippen molar-refractivity contribution in [1.82, 2.24) is 4.90 Å². The van der Waals surface area contributed by atoms with Crippen LogP contribution in [0, 0.1) is 5.92 Å². The number of rotatable bonds is 40. The van der Waals surface area contributed by atoms with Crippen molar-refractivity contribution in [1.29, 1.82) is 0 Å². The molecule has 0 saturated carbocycles. The minimum atomic E-state index is -0.0673. The summed E-state index contributed by atoms with van der Waals surface area (Å²) >= 11 is 0. The van der Waals surface area contributed by atoms with Gasteiger partial charge in [-0.15, -0.1) is 0 Å². The molecule has 0 aromatic rings. The molecule has 0 aromatic carbocycles. The largest absolute Gasteiger partial charge is 0.466 e. The molecular formula is C45H89NO4. The van der Waals surface area contributed by atoms with E-state index in [4.69, 9.17) is 9.47 Å². The molecule has 50 heavy (non-hydrogen) atoms. The van der Waals surface area contributed by atoms with Gasteiger partial charge in [0.25, 0.3) is 0 Å². The molecule has 5 heteroatoms. The minimum absolute atomic E-state index is 0.0208. The first-order valence-corrected chi connectivity index (χ1v) is 22.4. The third kappa shape index (κ3) is 36.7. The van der Waals surface area contributed by atoms with E-state index in [0.29, 0.717) is 19.4 Å². The summed E-state index contributed by atoms with van der Waals surface area (Å²) in [5, 5.41) is 0. The Balaban J connectivity index is 4.43. The maximum absolute atomic E-state index is 12.6. The second-order valence-corrected chi connectivity index (χ2v) is 15.9. The molecule has 0 rings (SSSR count). The van der Waals surface area contributed by atoms with Gasteiger partial charge in [-0.05, 0) is 77.9 Å². The number of esters is 2. The van der Waals surface area contributed by atoms with Gasteiger partial charge in [0.05, 0.1) is 6.61 Å². The number of ether oxygens (including phenoxy) is 2. The van der Waals surface area contributed by atoms with E-state index >= 15 is 0 Å². The third-order valence-corrected chi connectivity index (χ3v) is 10.5. The van der Waals surface area contributed by atoms with Crippen molar-refractivity contribution in [3.63, 3.8) is 0 Å². The van der Waals surface area contributed by atoms with Crippen LogP contribution in [0.2, 0.25) is 0 Å². The van der Waals surface area contributed by atoms with Crippen LogP contribution < -0.4 is 0 Å². The molecule has 0 radical (unpaired) electrons. The molecule has 0 bridgehead atoms. The molecule has 5 nitrogen and oxygen atoms in total. The molecule has 0 aliphatic heterocycles. The molecule has 0 fully saturated rings. The molecule has 1 unspecified atom stereocenters. The Morgan fingerprint density at radius 3 is 1.28 bits per heavy atom. The second-order valence-electron chi connectivity index (χ2n) is 15.9. The van der Waals surface area contributed by atoms with E-state index in [9.17, 15) is 9.59 Å². The number of hydrogen-bond donors (Lipinski definition) is 0. The van der Waals surface area contributed by atoms with Crippen LogP contribution in [0.3, 0.4) is 0 Å². The topological polar surface area (TPSA) is 55.8 Å². The van der Waals surface area contributed by atoms with Crippen LogP contribution in [0.15, 0.2) is 0 Å². The Bertz CT molecular complexity index is 691. The lowest BCUT2D eigenvalue weighted by Gasteiger charge is -2.18. The predicted octanol–water partition coefficient (Wildman–Crippen LogP) is 13.9. The molecular weight excluding hydrogens is 618 g/mol. The Morgan fingerprint density at radius 1 is 0.440 bits per heavy atom. The van der Waals surface area contributed by atoms with Crippen LogP contribution >= 0.6 is 0 Å². The molecule has 0 aliphatic carbocycles. The standard InChI is InChI=1S/C45H89NO4/c1-6-9-12-15-18-21-23-26-33-42(34-27-24-22-19-16-13-10-7-2)35-32-41-49-44(47)38-30-29-37-43(36-28-25-20-17-14-11-8-3)50-45(48)39-31-40-46(4)5/h42-43H,6-41H2,1-5H3. The van der Waals surface area contributed by atoms with Crippen molar-refractivity contribution in [3.05, 3.63) is 0 Å². The number of nitrogens with zero attached hydrogens (tertiary/aromatic N) is 1. The van der Waals surface area contributed by atoms with Crippen molar-refractivity contribution in [3.8, 4) is 0 Å². The minimum Gasteiger partial charge on any atom is -0.466 e. The Hall–Kier alpha value is -1.10. The van der Waals surface area contributed by atoms with E-state index < -0.39 is 0 Å². The summed E-state index contributed by atoms with van der Waals surface area (Å²) in [6, 6.07) is 0. The van der Waals surface area contributed by atoms with E-state index in [1.807, 2.05) is 14.1 Å². The van der Waals surface area contributed by atoms with Crippen LogP contribution in [0.4, 0.5) is 0 Å². The summed E-state index contributed by atoms with van der Waals surface area (Å²) in [4.78, 5) is 27.2. The van der Waals surface area contributed by atoms with Gasteiger partial charge >= 0.3 is 11.9 Å². The number of carbonyl (C=O) groups is 2. The number of unbranched alkanes of at least 4 members (excludes halogenated alkanes) is 21. The fourth-order valence-corrected chi connectivity index (χ4v) is 7.21. The van der Waals surface area contributed by atoms with Gasteiger partial charge < -0.3 is 14.4 Å². The highest BCUT2D eigenvalue weighted by atomic mass is 16.5. The summed E-state index contributed by atoms with van der Waals surface area (Å²) in [6.45, 7) is 8.30. The Morgan fingerprint density at radius 2 is 0.820 bits per heavy atom. The van der Waals surface area contributed by atoms with E-state index in [2.05, 4.69) is 25.7 Å². The Labute approximate surface area is 313 Å². The van der Waals surface area contributed by atoms with Gasteiger partial charge in [0.1, 0.15) is 6.10 Å². The number of hydrogen-bond acceptors (Lipinski definition) is 5. The van der Waals surface area contributed by atoms with Gasteiger partial charge in [-0.3, -0.25) is 9.59 Å². The van der Waals surface area contributed by atoms with E-state index in [-0.39, 0.29) is 18.0 Å². The van der Waals surface area contributed by atoms with Crippen LogP contribution in [0.1, 0.15) is 239 Å². The first-order valence-electron chi connectivity index (χ1n) is 22.4. The molecule has 0 aliphatic rings. The molecule has 1 atom stereocenters. The normalized spacial score (nSPS) is 12.2. The second kappa shape index (κ2) is 39.1. The van der Waals surface area contributed by atoms with Gasteiger partial charge in [0.15, 0.2) is 0 Å². The summed E-state index contributed by atoms with van der Waals surface area (Å²) < 4.78 is 11.6. The quantitative estimate of drug-likeness (QED) is 0.0469. The highest BCUT2D eigenvalue weighted by Crippen LogP contribution is 2.24. The molecule has 0 N–H and O–H groups in total. The lowest BCUT2D eigenvalue weighted by Crippen LogP contribution is -2.20. The predicted molar refractivity (Wildman–Crippen MR) is 217 cm³/mol. The lowest BCUT2D eigenvalue weighted by molar-refractivity contribution is -0.150. The summed E-state index contributed by atoms with van der Waals surface area (Å²) in [5.74, 6) is 0.659. The van der Waals surface area contributed by atoms with E-state index in [1.165, 1.54) is 161 Å². The van der Waals surface area contributed by atoms with Crippen molar-refractivity contribution in [2.75, 3.05) is 27.2 Å². The van der Waals surface area contributed by atoms with Crippen molar-refractivity contribution in [2.24, 2.45) is 5.92 Å². The van der Waals surface area contributed by atoms with Crippen LogP contribution in [-0.4, -0.2) is 50.2 Å². The van der Waals surface area contributed by atoms with Crippen molar-refractivity contribution >= 4 is 11.9 Å². The highest BCUT2D eigenvalue weighted by molar-refractivity contribution is 5.69. The highest BCUT2D eigenvalue weighted by Gasteiger charge is 2.15. The Kier molecular flexibility index (Phi) is 38.3. The number of carbonyl (C=O) groups excluding carboxylic acids is 2. The summed E-state index contributed by atoms with van der Waals surface area (Å²) in [5.41, 5.74) is 0. The van der Waals surface area contributed by atoms with Crippen LogP contribution in [-0.2, 0) is 19.1 Å². The zero-order chi connectivity index (χ0) is 36.8. The fraction of sp³-hybridized carbons (Fsp3) is 0.956. The third-order valence-electron chi connectivity index (χ3n) is 10.5. The SMILES string of the molecule is CCCCCCCCCCC(CCCCCCCCCC)CCCOC(=O)CCCCC(CCCCCCCCC)OC(=O)CCCN(C)C. The fourth-order valence-electron chi connectivity index (χ4n) is 7.21. The first kappa shape index (κ1) is 48.9. The van der Waals surface area contributed by atoms with Gasteiger partial charge in [0, 0.05) is 12.8 Å². The van der Waals surface area contributed by atoms with E-state index in [0.717, 1.165) is 57.4 Å². The van der Waals surface area contributed by atoms with Crippen molar-refractivity contribution in [2.45, 2.75) is 245 Å². The molecule has 0 spiro atoms. The first-order chi connectivity index (χ1) is 24.4. The monoisotopic (exact) mass is 708 g/mol. The molecule has 0 aromatic heterocycles. The van der Waals surface area contributed by atoms with Gasteiger partial charge in [-0.2, -0.15) is 0 Å². The molecule has 0 amide bonds. The maximum Gasteiger partial charge on any atom is 0.306 e. The smallest absolute Gasteiger partial charge is 0.306 e. The summed E-state index contributed by atoms with van der Waals surface area (Å²) in [7, 11) is 4.07. The van der Waals surface area contributed by atoms with Gasteiger partial charge in [-0.25, -0.2) is 0 Å². The van der Waals surface area contributed by atoms with Crippen LogP contribution in [0.5, 0.6) is 0 Å². The van der Waals surface area contributed by atoms with Gasteiger partial charge in [-0.1, -0.05) is 175 Å². The van der Waals surface area contributed by atoms with Crippen LogP contribution in [0.25, 0.3) is 0 Å². The lowest BCUT2D eigenvalue weighted by atomic mass is 9.90.